The van der Waals surface area contributed by atoms with Crippen molar-refractivity contribution in [2.24, 2.45) is 4.99 Å². The van der Waals surface area contributed by atoms with Crippen molar-refractivity contribution in [3.8, 4) is 0 Å². The van der Waals surface area contributed by atoms with Crippen LogP contribution >= 0.6 is 0 Å². The van der Waals surface area contributed by atoms with E-state index in [2.05, 4.69) is 22.1 Å². The first-order valence-electron chi connectivity index (χ1n) is 9.52. The maximum absolute atomic E-state index is 12.4. The molecule has 138 valence electrons. The summed E-state index contributed by atoms with van der Waals surface area (Å²) in [6, 6.07) is 0.392. The van der Waals surface area contributed by atoms with Gasteiger partial charge in [0.1, 0.15) is 0 Å². The number of carbonyl (C=O) groups is 1. The van der Waals surface area contributed by atoms with E-state index in [4.69, 9.17) is 4.74 Å². The predicted octanol–water partition coefficient (Wildman–Crippen LogP) is 1.85. The van der Waals surface area contributed by atoms with E-state index in [-0.39, 0.29) is 5.91 Å². The van der Waals surface area contributed by atoms with Gasteiger partial charge >= 0.3 is 0 Å². The molecule has 2 saturated heterocycles. The lowest BCUT2D eigenvalue weighted by Crippen LogP contribution is -2.48. The van der Waals surface area contributed by atoms with Crippen LogP contribution in [-0.2, 0) is 9.53 Å². The van der Waals surface area contributed by atoms with Crippen LogP contribution < -0.4 is 5.32 Å². The third kappa shape index (κ3) is 5.36. The number of nitrogens with one attached hydrogen (secondary N) is 1. The summed E-state index contributed by atoms with van der Waals surface area (Å²) in [5.41, 5.74) is 0. The molecule has 6 nitrogen and oxygen atoms in total. The first-order chi connectivity index (χ1) is 11.7. The minimum Gasteiger partial charge on any atom is -0.378 e. The quantitative estimate of drug-likeness (QED) is 0.614. The average molecular weight is 338 g/mol. The number of rotatable bonds is 5. The summed E-state index contributed by atoms with van der Waals surface area (Å²) >= 11 is 0. The van der Waals surface area contributed by atoms with Crippen LogP contribution in [0.5, 0.6) is 0 Å². The highest BCUT2D eigenvalue weighted by molar-refractivity contribution is 5.81. The van der Waals surface area contributed by atoms with Crippen molar-refractivity contribution in [2.45, 2.75) is 64.5 Å². The van der Waals surface area contributed by atoms with Crippen molar-refractivity contribution in [3.63, 3.8) is 0 Å². The lowest BCUT2D eigenvalue weighted by Gasteiger charge is -2.35. The SMILES string of the molecule is CCOC1CCN(C(=NC)NCCC(=O)N2CCCCC2C)CC1. The molecule has 0 radical (unpaired) electrons. The van der Waals surface area contributed by atoms with Gasteiger partial charge in [0.15, 0.2) is 5.96 Å². The fraction of sp³-hybridized carbons (Fsp3) is 0.889. The Morgan fingerprint density at radius 1 is 1.21 bits per heavy atom. The van der Waals surface area contributed by atoms with Crippen molar-refractivity contribution in [1.29, 1.82) is 0 Å². The molecule has 0 aromatic heterocycles. The molecule has 0 aromatic rings. The fourth-order valence-corrected chi connectivity index (χ4v) is 3.70. The first-order valence-corrected chi connectivity index (χ1v) is 9.52. The van der Waals surface area contributed by atoms with Crippen molar-refractivity contribution >= 4 is 11.9 Å². The van der Waals surface area contributed by atoms with Crippen LogP contribution in [0.15, 0.2) is 4.99 Å². The van der Waals surface area contributed by atoms with Crippen molar-refractivity contribution < 1.29 is 9.53 Å². The summed E-state index contributed by atoms with van der Waals surface area (Å²) in [7, 11) is 1.81. The molecule has 1 N–H and O–H groups in total. The normalized spacial score (nSPS) is 23.5. The highest BCUT2D eigenvalue weighted by Gasteiger charge is 2.24. The summed E-state index contributed by atoms with van der Waals surface area (Å²) in [6.07, 6.45) is 6.52. The average Bonchev–Trinajstić information content (AvgIpc) is 2.60. The van der Waals surface area contributed by atoms with E-state index in [1.807, 2.05) is 18.9 Å². The number of carbonyl (C=O) groups excluding carboxylic acids is 1. The molecule has 0 bridgehead atoms. The molecule has 2 rings (SSSR count). The van der Waals surface area contributed by atoms with Gasteiger partial charge in [0.05, 0.1) is 6.10 Å². The number of nitrogens with zero attached hydrogens (tertiary/aromatic N) is 3. The molecule has 2 aliphatic rings. The Labute approximate surface area is 146 Å². The van der Waals surface area contributed by atoms with Crippen LogP contribution in [0.25, 0.3) is 0 Å². The van der Waals surface area contributed by atoms with Gasteiger partial charge in [-0.05, 0) is 46.0 Å². The lowest BCUT2D eigenvalue weighted by molar-refractivity contribution is -0.134. The molecule has 1 atom stereocenters. The minimum atomic E-state index is 0.264. The number of ether oxygens (including phenoxy) is 1. The van der Waals surface area contributed by atoms with Gasteiger partial charge in [0.25, 0.3) is 0 Å². The standard InChI is InChI=1S/C18H34N4O2/c1-4-24-16-9-13-21(14-10-16)18(19-3)20-11-8-17(23)22-12-6-5-7-15(22)2/h15-16H,4-14H2,1-3H3,(H,19,20). The Kier molecular flexibility index (Phi) is 7.82. The minimum absolute atomic E-state index is 0.264. The maximum atomic E-state index is 12.4. The molecular formula is C18H34N4O2. The molecule has 24 heavy (non-hydrogen) atoms. The molecule has 2 fully saturated rings. The number of piperidine rings is 2. The molecule has 0 saturated carbocycles. The zero-order valence-electron chi connectivity index (χ0n) is 15.6. The topological polar surface area (TPSA) is 57.2 Å². The van der Waals surface area contributed by atoms with Crippen LogP contribution in [0, 0.1) is 0 Å². The highest BCUT2D eigenvalue weighted by Crippen LogP contribution is 2.17. The van der Waals surface area contributed by atoms with Gasteiger partial charge in [0.2, 0.25) is 5.91 Å². The Morgan fingerprint density at radius 3 is 2.58 bits per heavy atom. The molecule has 2 heterocycles. The number of aliphatic imine (C=N–C) groups is 1. The van der Waals surface area contributed by atoms with E-state index in [0.29, 0.717) is 25.1 Å². The van der Waals surface area contributed by atoms with Crippen molar-refractivity contribution in [1.82, 2.24) is 15.1 Å². The van der Waals surface area contributed by atoms with E-state index >= 15 is 0 Å². The Balaban J connectivity index is 1.71. The van der Waals surface area contributed by atoms with Crippen LogP contribution in [0.4, 0.5) is 0 Å². The molecule has 0 spiro atoms. The monoisotopic (exact) mass is 338 g/mol. The number of likely N-dealkylation sites (tertiary alicyclic amines) is 2. The molecule has 2 aliphatic heterocycles. The second-order valence-corrected chi connectivity index (χ2v) is 6.80. The van der Waals surface area contributed by atoms with Gasteiger partial charge in [-0.15, -0.1) is 0 Å². The molecule has 1 unspecified atom stereocenters. The van der Waals surface area contributed by atoms with Gasteiger partial charge < -0.3 is 19.9 Å². The van der Waals surface area contributed by atoms with E-state index in [9.17, 15) is 4.79 Å². The summed E-state index contributed by atoms with van der Waals surface area (Å²) in [6.45, 7) is 8.48. The number of hydrogen-bond donors (Lipinski definition) is 1. The summed E-state index contributed by atoms with van der Waals surface area (Å²) < 4.78 is 5.70. The van der Waals surface area contributed by atoms with Crippen molar-refractivity contribution in [2.75, 3.05) is 39.8 Å². The van der Waals surface area contributed by atoms with Crippen LogP contribution in [-0.4, -0.2) is 73.6 Å². The highest BCUT2D eigenvalue weighted by atomic mass is 16.5. The smallest absolute Gasteiger partial charge is 0.224 e. The van der Waals surface area contributed by atoms with Crippen LogP contribution in [0.3, 0.4) is 0 Å². The predicted molar refractivity (Wildman–Crippen MR) is 97.2 cm³/mol. The van der Waals surface area contributed by atoms with Crippen LogP contribution in [0.1, 0.15) is 52.4 Å². The maximum Gasteiger partial charge on any atom is 0.224 e. The second-order valence-electron chi connectivity index (χ2n) is 6.80. The second kappa shape index (κ2) is 9.87. The summed E-state index contributed by atoms with van der Waals surface area (Å²) in [5.74, 6) is 1.17. The zero-order valence-corrected chi connectivity index (χ0v) is 15.6. The van der Waals surface area contributed by atoms with Crippen LogP contribution in [0.2, 0.25) is 0 Å². The molecule has 6 heteroatoms. The van der Waals surface area contributed by atoms with Gasteiger partial charge in [0, 0.05) is 52.3 Å². The molecule has 1 amide bonds. The van der Waals surface area contributed by atoms with Crippen molar-refractivity contribution in [3.05, 3.63) is 0 Å². The third-order valence-electron chi connectivity index (χ3n) is 5.10. The van der Waals surface area contributed by atoms with Gasteiger partial charge in [-0.2, -0.15) is 0 Å². The van der Waals surface area contributed by atoms with E-state index in [1.165, 1.54) is 6.42 Å². The largest absolute Gasteiger partial charge is 0.378 e. The summed E-state index contributed by atoms with van der Waals surface area (Å²) in [5, 5.41) is 3.36. The van der Waals surface area contributed by atoms with Gasteiger partial charge in [-0.1, -0.05) is 0 Å². The molecular weight excluding hydrogens is 304 g/mol. The zero-order chi connectivity index (χ0) is 17.4. The number of amides is 1. The Hall–Kier alpha value is -1.30. The van der Waals surface area contributed by atoms with Gasteiger partial charge in [-0.3, -0.25) is 9.79 Å². The summed E-state index contributed by atoms with van der Waals surface area (Å²) in [4.78, 5) is 21.1. The molecule has 0 aromatic carbocycles. The Bertz CT molecular complexity index is 419. The number of guanidine groups is 1. The van der Waals surface area contributed by atoms with E-state index in [1.54, 1.807) is 0 Å². The number of hydrogen-bond acceptors (Lipinski definition) is 3. The molecule has 0 aliphatic carbocycles. The van der Waals surface area contributed by atoms with E-state index < -0.39 is 0 Å². The first kappa shape index (κ1) is 19.0. The van der Waals surface area contributed by atoms with Gasteiger partial charge in [-0.25, -0.2) is 0 Å². The third-order valence-corrected chi connectivity index (χ3v) is 5.10. The fourth-order valence-electron chi connectivity index (χ4n) is 3.70. The lowest BCUT2D eigenvalue weighted by atomic mass is 10.0. The Morgan fingerprint density at radius 2 is 1.96 bits per heavy atom. The van der Waals surface area contributed by atoms with E-state index in [0.717, 1.165) is 57.9 Å².